The second-order valence-corrected chi connectivity index (χ2v) is 4.20. The average molecular weight is 283 g/mol. The van der Waals surface area contributed by atoms with Crippen molar-refractivity contribution < 1.29 is 19.2 Å². The third-order valence-corrected chi connectivity index (χ3v) is 2.19. The SMILES string of the molecule is CC(C)Oc1cc(NCCOC(N)=O)ccc1[N+](=O)[O-]. The lowest BCUT2D eigenvalue weighted by Gasteiger charge is -2.12. The lowest BCUT2D eigenvalue weighted by Crippen LogP contribution is -2.18. The van der Waals surface area contributed by atoms with Crippen molar-refractivity contribution in [1.82, 2.24) is 0 Å². The second-order valence-electron chi connectivity index (χ2n) is 4.20. The number of ether oxygens (including phenoxy) is 2. The number of benzene rings is 1. The van der Waals surface area contributed by atoms with Gasteiger partial charge >= 0.3 is 11.8 Å². The van der Waals surface area contributed by atoms with Crippen LogP contribution in [0.3, 0.4) is 0 Å². The number of nitro benzene ring substituents is 1. The van der Waals surface area contributed by atoms with Crippen molar-refractivity contribution in [3.63, 3.8) is 0 Å². The quantitative estimate of drug-likeness (QED) is 0.448. The fourth-order valence-electron chi connectivity index (χ4n) is 1.47. The van der Waals surface area contributed by atoms with Crippen LogP contribution in [-0.4, -0.2) is 30.3 Å². The predicted octanol–water partition coefficient (Wildman–Crippen LogP) is 1.89. The van der Waals surface area contributed by atoms with E-state index in [2.05, 4.69) is 10.1 Å². The second kappa shape index (κ2) is 7.17. The van der Waals surface area contributed by atoms with E-state index < -0.39 is 11.0 Å². The van der Waals surface area contributed by atoms with Crippen molar-refractivity contribution in [1.29, 1.82) is 0 Å². The van der Waals surface area contributed by atoms with Gasteiger partial charge < -0.3 is 20.5 Å². The standard InChI is InChI=1S/C12H17N3O5/c1-8(2)20-11-7-9(3-4-10(11)15(17)18)14-5-6-19-12(13)16/h3-4,7-8,14H,5-6H2,1-2H3,(H2,13,16). The molecule has 0 aliphatic heterocycles. The van der Waals surface area contributed by atoms with Gasteiger partial charge in [0.05, 0.1) is 11.0 Å². The van der Waals surface area contributed by atoms with Crippen LogP contribution in [0.4, 0.5) is 16.2 Å². The molecule has 8 nitrogen and oxygen atoms in total. The van der Waals surface area contributed by atoms with Gasteiger partial charge in [0.1, 0.15) is 6.61 Å². The van der Waals surface area contributed by atoms with E-state index in [4.69, 9.17) is 10.5 Å². The van der Waals surface area contributed by atoms with Crippen molar-refractivity contribution in [3.05, 3.63) is 28.3 Å². The number of nitrogens with two attached hydrogens (primary N) is 1. The number of nitrogens with one attached hydrogen (secondary N) is 1. The number of hydrogen-bond acceptors (Lipinski definition) is 6. The molecule has 0 radical (unpaired) electrons. The van der Waals surface area contributed by atoms with Crippen molar-refractivity contribution in [3.8, 4) is 5.75 Å². The summed E-state index contributed by atoms with van der Waals surface area (Å²) < 4.78 is 9.96. The fourth-order valence-corrected chi connectivity index (χ4v) is 1.47. The number of nitro groups is 1. The minimum atomic E-state index is -0.848. The Labute approximate surface area is 116 Å². The molecule has 1 rings (SSSR count). The summed E-state index contributed by atoms with van der Waals surface area (Å²) in [5, 5.41) is 13.8. The van der Waals surface area contributed by atoms with Gasteiger partial charge in [0.25, 0.3) is 0 Å². The lowest BCUT2D eigenvalue weighted by molar-refractivity contribution is -0.386. The van der Waals surface area contributed by atoms with E-state index >= 15 is 0 Å². The van der Waals surface area contributed by atoms with Gasteiger partial charge in [-0.05, 0) is 19.9 Å². The van der Waals surface area contributed by atoms with Crippen LogP contribution in [0.1, 0.15) is 13.8 Å². The zero-order valence-electron chi connectivity index (χ0n) is 11.3. The Morgan fingerprint density at radius 1 is 1.50 bits per heavy atom. The number of carbonyl (C=O) groups is 1. The minimum absolute atomic E-state index is 0.0994. The fraction of sp³-hybridized carbons (Fsp3) is 0.417. The highest BCUT2D eigenvalue weighted by molar-refractivity contribution is 5.64. The van der Waals surface area contributed by atoms with E-state index in [1.165, 1.54) is 12.1 Å². The van der Waals surface area contributed by atoms with E-state index in [1.54, 1.807) is 19.9 Å². The van der Waals surface area contributed by atoms with Crippen molar-refractivity contribution in [2.75, 3.05) is 18.5 Å². The average Bonchev–Trinajstić information content (AvgIpc) is 2.33. The van der Waals surface area contributed by atoms with E-state index in [0.717, 1.165) is 0 Å². The predicted molar refractivity (Wildman–Crippen MR) is 72.9 cm³/mol. The van der Waals surface area contributed by atoms with Gasteiger partial charge in [-0.15, -0.1) is 0 Å². The third-order valence-electron chi connectivity index (χ3n) is 2.19. The Bertz CT molecular complexity index is 490. The van der Waals surface area contributed by atoms with E-state index in [-0.39, 0.29) is 24.1 Å². The van der Waals surface area contributed by atoms with Crippen LogP contribution in [0, 0.1) is 10.1 Å². The molecule has 0 aliphatic rings. The number of rotatable bonds is 7. The number of nitrogens with zero attached hydrogens (tertiary/aromatic N) is 1. The van der Waals surface area contributed by atoms with Crippen LogP contribution in [0.5, 0.6) is 5.75 Å². The van der Waals surface area contributed by atoms with Crippen LogP contribution in [0.15, 0.2) is 18.2 Å². The molecule has 0 atom stereocenters. The highest BCUT2D eigenvalue weighted by Gasteiger charge is 2.16. The Kier molecular flexibility index (Phi) is 5.57. The Morgan fingerprint density at radius 3 is 2.75 bits per heavy atom. The van der Waals surface area contributed by atoms with Crippen LogP contribution in [0.25, 0.3) is 0 Å². The number of anilines is 1. The lowest BCUT2D eigenvalue weighted by atomic mass is 10.2. The molecule has 0 aliphatic carbocycles. The number of hydrogen-bond donors (Lipinski definition) is 2. The Morgan fingerprint density at radius 2 is 2.20 bits per heavy atom. The highest BCUT2D eigenvalue weighted by atomic mass is 16.6. The van der Waals surface area contributed by atoms with E-state index in [1.807, 2.05) is 0 Å². The summed E-state index contributed by atoms with van der Waals surface area (Å²) in [6.45, 7) is 4.00. The molecule has 1 aromatic carbocycles. The molecule has 1 aromatic rings. The summed E-state index contributed by atoms with van der Waals surface area (Å²) in [5.74, 6) is 0.186. The molecular formula is C12H17N3O5. The van der Waals surface area contributed by atoms with Gasteiger partial charge in [-0.25, -0.2) is 4.79 Å². The van der Waals surface area contributed by atoms with E-state index in [0.29, 0.717) is 12.2 Å². The smallest absolute Gasteiger partial charge is 0.404 e. The number of amides is 1. The third kappa shape index (κ3) is 5.01. The maximum absolute atomic E-state index is 10.9. The summed E-state index contributed by atoms with van der Waals surface area (Å²) in [6, 6.07) is 4.44. The molecule has 0 saturated carbocycles. The minimum Gasteiger partial charge on any atom is -0.484 e. The number of carbonyl (C=O) groups excluding carboxylic acids is 1. The first-order valence-electron chi connectivity index (χ1n) is 6.01. The van der Waals surface area contributed by atoms with Crippen LogP contribution in [0.2, 0.25) is 0 Å². The normalized spacial score (nSPS) is 10.2. The maximum Gasteiger partial charge on any atom is 0.404 e. The summed E-state index contributed by atoms with van der Waals surface area (Å²) in [7, 11) is 0. The highest BCUT2D eigenvalue weighted by Crippen LogP contribution is 2.30. The molecule has 0 bridgehead atoms. The summed E-state index contributed by atoms with van der Waals surface area (Å²) >= 11 is 0. The molecule has 1 amide bonds. The van der Waals surface area contributed by atoms with E-state index in [9.17, 15) is 14.9 Å². The largest absolute Gasteiger partial charge is 0.484 e. The van der Waals surface area contributed by atoms with Crippen LogP contribution >= 0.6 is 0 Å². The molecule has 8 heteroatoms. The zero-order chi connectivity index (χ0) is 15.1. The van der Waals surface area contributed by atoms with Gasteiger partial charge in [-0.3, -0.25) is 10.1 Å². The molecule has 3 N–H and O–H groups in total. The monoisotopic (exact) mass is 283 g/mol. The molecule has 0 saturated heterocycles. The van der Waals surface area contributed by atoms with Crippen LogP contribution < -0.4 is 15.8 Å². The van der Waals surface area contributed by atoms with Crippen molar-refractivity contribution >= 4 is 17.5 Å². The van der Waals surface area contributed by atoms with Crippen LogP contribution in [-0.2, 0) is 4.74 Å². The summed E-state index contributed by atoms with van der Waals surface area (Å²) in [4.78, 5) is 20.8. The Hall–Kier alpha value is -2.51. The topological polar surface area (TPSA) is 117 Å². The summed E-state index contributed by atoms with van der Waals surface area (Å²) in [6.07, 6.45) is -1.03. The number of primary amides is 1. The molecule has 20 heavy (non-hydrogen) atoms. The van der Waals surface area contributed by atoms with Gasteiger partial charge in [-0.2, -0.15) is 0 Å². The van der Waals surface area contributed by atoms with Gasteiger partial charge in [-0.1, -0.05) is 0 Å². The molecule has 0 fully saturated rings. The van der Waals surface area contributed by atoms with Gasteiger partial charge in [0.15, 0.2) is 5.75 Å². The molecule has 0 unspecified atom stereocenters. The first kappa shape index (κ1) is 15.5. The molecule has 110 valence electrons. The summed E-state index contributed by atoms with van der Waals surface area (Å²) in [5.41, 5.74) is 5.35. The molecule has 0 spiro atoms. The first-order valence-corrected chi connectivity index (χ1v) is 6.01. The zero-order valence-corrected chi connectivity index (χ0v) is 11.3. The van der Waals surface area contributed by atoms with Crippen molar-refractivity contribution in [2.45, 2.75) is 20.0 Å². The van der Waals surface area contributed by atoms with Gasteiger partial charge in [0.2, 0.25) is 0 Å². The molecular weight excluding hydrogens is 266 g/mol. The molecule has 0 heterocycles. The Balaban J connectivity index is 2.73. The van der Waals surface area contributed by atoms with Crippen molar-refractivity contribution in [2.24, 2.45) is 5.73 Å². The first-order chi connectivity index (χ1) is 9.40. The molecule has 0 aromatic heterocycles. The van der Waals surface area contributed by atoms with Gasteiger partial charge in [0, 0.05) is 24.4 Å². The maximum atomic E-state index is 10.9.